The number of hydrogen-bond donors (Lipinski definition) is 1. The summed E-state index contributed by atoms with van der Waals surface area (Å²) in [4.78, 5) is 36.5. The van der Waals surface area contributed by atoms with Gasteiger partial charge >= 0.3 is 6.03 Å². The second-order valence-electron chi connectivity index (χ2n) is 5.62. The summed E-state index contributed by atoms with van der Waals surface area (Å²) >= 11 is 0. The second kappa shape index (κ2) is 6.56. The molecular weight excluding hydrogens is 322 g/mol. The number of rotatable bonds is 4. The smallest absolute Gasteiger partial charge is 0.321 e. The first-order chi connectivity index (χ1) is 12.0. The lowest BCUT2D eigenvalue weighted by molar-refractivity contribution is -0.384. The van der Waals surface area contributed by atoms with Crippen molar-refractivity contribution in [1.82, 2.24) is 10.2 Å². The van der Waals surface area contributed by atoms with Crippen LogP contribution in [0.4, 0.5) is 10.5 Å². The molecule has 2 aromatic carbocycles. The van der Waals surface area contributed by atoms with Crippen LogP contribution < -0.4 is 5.32 Å². The fourth-order valence-corrected chi connectivity index (χ4v) is 2.64. The molecule has 1 aliphatic rings. The molecule has 2 amide bonds. The highest BCUT2D eigenvalue weighted by molar-refractivity contribution is 6.10. The number of carbonyl (C=O) groups excluding carboxylic acids is 2. The van der Waals surface area contributed by atoms with E-state index < -0.39 is 11.0 Å². The van der Waals surface area contributed by atoms with Crippen LogP contribution in [-0.2, 0) is 0 Å². The molecule has 1 aliphatic heterocycles. The van der Waals surface area contributed by atoms with E-state index in [0.29, 0.717) is 16.7 Å². The topological polar surface area (TPSA) is 92.6 Å². The molecule has 0 bridgehead atoms. The minimum Gasteiger partial charge on any atom is -0.327 e. The number of Topliss-reactive ketones (excluding diaryl/α,β-unsaturated/α-hetero) is 1. The van der Waals surface area contributed by atoms with Crippen molar-refractivity contribution < 1.29 is 14.5 Å². The minimum absolute atomic E-state index is 0.0529. The number of benzene rings is 2. The number of hydrogen-bond acceptors (Lipinski definition) is 4. The monoisotopic (exact) mass is 337 g/mol. The highest BCUT2D eigenvalue weighted by Gasteiger charge is 2.31. The predicted molar refractivity (Wildman–Crippen MR) is 91.0 cm³/mol. The van der Waals surface area contributed by atoms with Crippen LogP contribution >= 0.6 is 0 Å². The van der Waals surface area contributed by atoms with Crippen LogP contribution in [0.3, 0.4) is 0 Å². The van der Waals surface area contributed by atoms with E-state index >= 15 is 0 Å². The molecule has 126 valence electrons. The molecule has 0 radical (unpaired) electrons. The molecule has 0 saturated carbocycles. The molecule has 1 unspecified atom stereocenters. The summed E-state index contributed by atoms with van der Waals surface area (Å²) in [7, 11) is 1.56. The Balaban J connectivity index is 2.00. The molecule has 7 nitrogen and oxygen atoms in total. The summed E-state index contributed by atoms with van der Waals surface area (Å²) in [5, 5.41) is 13.6. The van der Waals surface area contributed by atoms with Gasteiger partial charge in [0.25, 0.3) is 5.69 Å². The third kappa shape index (κ3) is 3.25. The maximum absolute atomic E-state index is 12.9. The van der Waals surface area contributed by atoms with Gasteiger partial charge in [0.1, 0.15) is 0 Å². The summed E-state index contributed by atoms with van der Waals surface area (Å²) in [6.45, 7) is 0. The molecular formula is C18H15N3O4. The van der Waals surface area contributed by atoms with Gasteiger partial charge < -0.3 is 10.2 Å². The number of nitro benzene ring substituents is 1. The average molecular weight is 337 g/mol. The van der Waals surface area contributed by atoms with Crippen LogP contribution in [0.1, 0.15) is 22.0 Å². The Hall–Kier alpha value is -3.48. The van der Waals surface area contributed by atoms with Crippen molar-refractivity contribution in [1.29, 1.82) is 0 Å². The number of nitrogens with one attached hydrogen (secondary N) is 1. The van der Waals surface area contributed by atoms with E-state index in [4.69, 9.17) is 0 Å². The van der Waals surface area contributed by atoms with Crippen molar-refractivity contribution >= 4 is 17.5 Å². The Kier molecular flexibility index (Phi) is 4.30. The fourth-order valence-electron chi connectivity index (χ4n) is 2.64. The number of nitro groups is 1. The predicted octanol–water partition coefficient (Wildman–Crippen LogP) is 3.06. The van der Waals surface area contributed by atoms with E-state index in [2.05, 4.69) is 5.32 Å². The van der Waals surface area contributed by atoms with Crippen molar-refractivity contribution in [3.05, 3.63) is 87.6 Å². The molecule has 0 saturated heterocycles. The number of nitrogens with zero attached hydrogens (tertiary/aromatic N) is 2. The SMILES string of the molecule is CN1C=C(C(=O)c2ccccc2)C(c2ccc([N+](=O)[O-])cc2)NC1=O. The largest absolute Gasteiger partial charge is 0.327 e. The molecule has 0 spiro atoms. The van der Waals surface area contributed by atoms with Crippen molar-refractivity contribution in [3.63, 3.8) is 0 Å². The van der Waals surface area contributed by atoms with Crippen LogP contribution in [0.15, 0.2) is 66.4 Å². The Morgan fingerprint density at radius 3 is 2.36 bits per heavy atom. The molecule has 2 aromatic rings. The van der Waals surface area contributed by atoms with Crippen LogP contribution in [0, 0.1) is 10.1 Å². The normalized spacial score (nSPS) is 16.8. The van der Waals surface area contributed by atoms with Crippen LogP contribution in [0.25, 0.3) is 0 Å². The molecule has 0 fully saturated rings. The molecule has 3 rings (SSSR count). The average Bonchev–Trinajstić information content (AvgIpc) is 2.64. The van der Waals surface area contributed by atoms with Gasteiger partial charge in [-0.15, -0.1) is 0 Å². The van der Waals surface area contributed by atoms with E-state index in [0.717, 1.165) is 0 Å². The van der Waals surface area contributed by atoms with Crippen molar-refractivity contribution in [2.75, 3.05) is 7.05 Å². The number of non-ortho nitro benzene ring substituents is 1. The molecule has 7 heteroatoms. The quantitative estimate of drug-likeness (QED) is 0.527. The Morgan fingerprint density at radius 2 is 1.76 bits per heavy atom. The second-order valence-corrected chi connectivity index (χ2v) is 5.62. The van der Waals surface area contributed by atoms with E-state index in [1.807, 2.05) is 6.07 Å². The van der Waals surface area contributed by atoms with E-state index in [1.54, 1.807) is 43.4 Å². The molecule has 0 aliphatic carbocycles. The summed E-state index contributed by atoms with van der Waals surface area (Å²) in [6.07, 6.45) is 1.50. The lowest BCUT2D eigenvalue weighted by atomic mass is 9.91. The lowest BCUT2D eigenvalue weighted by Gasteiger charge is -2.29. The van der Waals surface area contributed by atoms with Gasteiger partial charge in [-0.05, 0) is 17.7 Å². The van der Waals surface area contributed by atoms with Crippen LogP contribution in [0.5, 0.6) is 0 Å². The highest BCUT2D eigenvalue weighted by atomic mass is 16.6. The van der Waals surface area contributed by atoms with Crippen LogP contribution in [0.2, 0.25) is 0 Å². The zero-order valence-corrected chi connectivity index (χ0v) is 13.4. The number of ketones is 1. The van der Waals surface area contributed by atoms with E-state index in [-0.39, 0.29) is 17.5 Å². The van der Waals surface area contributed by atoms with Gasteiger partial charge in [-0.2, -0.15) is 0 Å². The third-order valence-electron chi connectivity index (χ3n) is 3.97. The van der Waals surface area contributed by atoms with Gasteiger partial charge in [-0.1, -0.05) is 30.3 Å². The molecule has 1 heterocycles. The van der Waals surface area contributed by atoms with Gasteiger partial charge in [-0.25, -0.2) is 4.79 Å². The standard InChI is InChI=1S/C18H15N3O4/c1-20-11-15(17(22)13-5-3-2-4-6-13)16(19-18(20)23)12-7-9-14(10-8-12)21(24)25/h2-11,16H,1H3,(H,19,23). The fraction of sp³-hybridized carbons (Fsp3) is 0.111. The first-order valence-electron chi connectivity index (χ1n) is 7.56. The van der Waals surface area contributed by atoms with Crippen molar-refractivity contribution in [2.45, 2.75) is 6.04 Å². The number of urea groups is 1. The Morgan fingerprint density at radius 1 is 1.12 bits per heavy atom. The molecule has 1 N–H and O–H groups in total. The number of carbonyl (C=O) groups is 2. The van der Waals surface area contributed by atoms with E-state index in [9.17, 15) is 19.7 Å². The van der Waals surface area contributed by atoms with Crippen molar-refractivity contribution in [2.24, 2.45) is 0 Å². The summed E-state index contributed by atoms with van der Waals surface area (Å²) in [5.41, 5.74) is 1.44. The van der Waals surface area contributed by atoms with E-state index in [1.165, 1.54) is 23.2 Å². The third-order valence-corrected chi connectivity index (χ3v) is 3.97. The first kappa shape index (κ1) is 16.4. The van der Waals surface area contributed by atoms with Gasteiger partial charge in [-0.3, -0.25) is 14.9 Å². The summed E-state index contributed by atoms with van der Waals surface area (Å²) in [6, 6.07) is 13.5. The zero-order valence-electron chi connectivity index (χ0n) is 13.4. The Bertz CT molecular complexity index is 860. The summed E-state index contributed by atoms with van der Waals surface area (Å²) in [5.74, 6) is -0.212. The Labute approximate surface area is 143 Å². The summed E-state index contributed by atoms with van der Waals surface area (Å²) < 4.78 is 0. The minimum atomic E-state index is -0.669. The number of amides is 2. The zero-order chi connectivity index (χ0) is 18.0. The van der Waals surface area contributed by atoms with Crippen LogP contribution in [-0.4, -0.2) is 28.7 Å². The maximum atomic E-state index is 12.9. The van der Waals surface area contributed by atoms with Gasteiger partial charge in [0.2, 0.25) is 0 Å². The molecule has 1 atom stereocenters. The van der Waals surface area contributed by atoms with Gasteiger partial charge in [0.05, 0.1) is 11.0 Å². The first-order valence-corrected chi connectivity index (χ1v) is 7.56. The van der Waals surface area contributed by atoms with Crippen molar-refractivity contribution in [3.8, 4) is 0 Å². The molecule has 25 heavy (non-hydrogen) atoms. The maximum Gasteiger partial charge on any atom is 0.321 e. The highest BCUT2D eigenvalue weighted by Crippen LogP contribution is 2.29. The lowest BCUT2D eigenvalue weighted by Crippen LogP contribution is -2.43. The molecule has 0 aromatic heterocycles. The van der Waals surface area contributed by atoms with Gasteiger partial charge in [0, 0.05) is 36.5 Å². The van der Waals surface area contributed by atoms with Gasteiger partial charge in [0.15, 0.2) is 5.78 Å².